The van der Waals surface area contributed by atoms with Crippen LogP contribution in [0.3, 0.4) is 0 Å². The zero-order chi connectivity index (χ0) is 35.7. The first kappa shape index (κ1) is 35.7. The van der Waals surface area contributed by atoms with E-state index in [9.17, 15) is 5.11 Å². The zero-order valence-electron chi connectivity index (χ0n) is 30.4. The Labute approximate surface area is 323 Å². The van der Waals surface area contributed by atoms with Crippen molar-refractivity contribution in [2.45, 2.75) is 59.3 Å². The number of pyridine rings is 2. The van der Waals surface area contributed by atoms with Crippen molar-refractivity contribution < 1.29 is 26.2 Å². The first-order valence-corrected chi connectivity index (χ1v) is 18.2. The van der Waals surface area contributed by atoms with Gasteiger partial charge in [0.15, 0.2) is 0 Å². The largest absolute Gasteiger partial charge is 0.507 e. The molecule has 3 heterocycles. The number of fused-ring (bicyclic) bond motifs is 3. The Hall–Kier alpha value is -4.70. The minimum Gasteiger partial charge on any atom is -0.507 e. The number of nitrogens with zero attached hydrogens (tertiary/aromatic N) is 3. The number of hydrogen-bond acceptors (Lipinski definition) is 5. The molecule has 0 aliphatic heterocycles. The van der Waals surface area contributed by atoms with Gasteiger partial charge in [0.05, 0.1) is 16.6 Å². The Morgan fingerprint density at radius 3 is 2.04 bits per heavy atom. The molecule has 1 N–H and O–H groups in total. The smallest absolute Gasteiger partial charge is 0.127 e. The minimum absolute atomic E-state index is 0. The molecule has 0 aliphatic rings. The summed E-state index contributed by atoms with van der Waals surface area (Å²) in [5.74, 6) is 0.226. The fourth-order valence-electron chi connectivity index (χ4n) is 6.83. The number of phenols is 1. The van der Waals surface area contributed by atoms with E-state index in [0.29, 0.717) is 0 Å². The van der Waals surface area contributed by atoms with Crippen molar-refractivity contribution in [1.29, 1.82) is 0 Å². The maximum Gasteiger partial charge on any atom is 0.127 e. The van der Waals surface area contributed by atoms with E-state index in [0.717, 1.165) is 81.5 Å². The minimum atomic E-state index is -0.0733. The number of thiazole rings is 1. The molecule has 0 aliphatic carbocycles. The second kappa shape index (κ2) is 13.4. The molecule has 0 unspecified atom stereocenters. The molecule has 5 aromatic carbocycles. The van der Waals surface area contributed by atoms with Crippen LogP contribution in [0.4, 0.5) is 0 Å². The predicted molar refractivity (Wildman–Crippen MR) is 215 cm³/mol. The molecule has 0 saturated carbocycles. The SMILES string of the molecule is Cc1ccnc2c(-c3[c-]c(-c4cc(-c5cccc6cccnc56)cc5sc(-c6cc(C(C)(C)C)ccc6O)nc45)ccc3)cc(C(C)(C)C)cc12.[Pt]. The second-order valence-electron chi connectivity index (χ2n) is 15.5. The number of rotatable bonds is 4. The third-order valence-corrected chi connectivity index (χ3v) is 10.9. The number of aromatic hydroxyl groups is 1. The van der Waals surface area contributed by atoms with Crippen molar-refractivity contribution in [3.63, 3.8) is 0 Å². The number of benzene rings is 5. The molecule has 6 heteroatoms. The Balaban J connectivity index is 0.00000420. The van der Waals surface area contributed by atoms with Crippen LogP contribution in [0.1, 0.15) is 58.2 Å². The molecule has 0 saturated heterocycles. The molecular formula is C46H40N3OPtS-. The van der Waals surface area contributed by atoms with E-state index < -0.39 is 0 Å². The maximum absolute atomic E-state index is 11.1. The zero-order valence-corrected chi connectivity index (χ0v) is 33.5. The van der Waals surface area contributed by atoms with Crippen LogP contribution in [0.5, 0.6) is 5.75 Å². The monoisotopic (exact) mass is 877 g/mol. The summed E-state index contributed by atoms with van der Waals surface area (Å²) in [7, 11) is 0. The molecule has 8 aromatic rings. The second-order valence-corrected chi connectivity index (χ2v) is 16.6. The van der Waals surface area contributed by atoms with E-state index in [1.54, 1.807) is 17.4 Å². The first-order valence-electron chi connectivity index (χ1n) is 17.4. The van der Waals surface area contributed by atoms with Gasteiger partial charge >= 0.3 is 0 Å². The third-order valence-electron chi connectivity index (χ3n) is 9.84. The van der Waals surface area contributed by atoms with E-state index >= 15 is 0 Å². The molecular weight excluding hydrogens is 838 g/mol. The van der Waals surface area contributed by atoms with Crippen LogP contribution in [0.2, 0.25) is 0 Å². The van der Waals surface area contributed by atoms with Crippen molar-refractivity contribution in [2.24, 2.45) is 0 Å². The van der Waals surface area contributed by atoms with Gasteiger partial charge in [-0.05, 0) is 75.7 Å². The Bertz CT molecular complexity index is 2640. The molecule has 0 amide bonds. The molecule has 8 rings (SSSR count). The summed E-state index contributed by atoms with van der Waals surface area (Å²) in [4.78, 5) is 14.9. The first-order chi connectivity index (χ1) is 24.3. The number of phenolic OH excluding ortho intramolecular Hbond substituents is 1. The van der Waals surface area contributed by atoms with Gasteiger partial charge in [0.2, 0.25) is 0 Å². The van der Waals surface area contributed by atoms with Crippen LogP contribution in [-0.4, -0.2) is 20.1 Å². The van der Waals surface area contributed by atoms with Crippen molar-refractivity contribution >= 4 is 43.4 Å². The van der Waals surface area contributed by atoms with Crippen molar-refractivity contribution in [2.75, 3.05) is 0 Å². The fraction of sp³-hybridized carbons (Fsp3) is 0.196. The standard InChI is InChI=1S/C46H40N3OS.Pt/c1-27-18-20-48-42-35(27)25-33(46(5,6)7)26-37(42)30-13-8-12-29(21-30)36-22-31(34-15-9-11-28-14-10-19-47-41(28)34)23-40-43(36)49-44(51-40)38-24-32(45(2,3)4)16-17-39(38)50;/h8-20,22-26,50H,1-7H3;/q-1;. The van der Waals surface area contributed by atoms with E-state index in [1.165, 1.54) is 11.1 Å². The van der Waals surface area contributed by atoms with Crippen LogP contribution >= 0.6 is 11.3 Å². The van der Waals surface area contributed by atoms with Gasteiger partial charge in [-0.15, -0.1) is 46.7 Å². The Kier molecular flexibility index (Phi) is 9.18. The predicted octanol–water partition coefficient (Wildman–Crippen LogP) is 12.5. The van der Waals surface area contributed by atoms with Crippen LogP contribution < -0.4 is 0 Å². The quantitative estimate of drug-likeness (QED) is 0.179. The van der Waals surface area contributed by atoms with E-state index in [4.69, 9.17) is 15.0 Å². The van der Waals surface area contributed by atoms with Gasteiger partial charge in [0.1, 0.15) is 10.8 Å². The van der Waals surface area contributed by atoms with Gasteiger partial charge in [-0.25, -0.2) is 4.98 Å². The van der Waals surface area contributed by atoms with Crippen molar-refractivity contribution in [1.82, 2.24) is 15.0 Å². The number of hydrogen-bond donors (Lipinski definition) is 1. The van der Waals surface area contributed by atoms with Crippen LogP contribution in [0.15, 0.2) is 109 Å². The summed E-state index contributed by atoms with van der Waals surface area (Å²) in [6.45, 7) is 15.5. The normalized spacial score (nSPS) is 12.1. The summed E-state index contributed by atoms with van der Waals surface area (Å²) in [5, 5.41) is 14.1. The van der Waals surface area contributed by atoms with E-state index in [1.807, 2.05) is 24.5 Å². The molecule has 4 nitrogen and oxygen atoms in total. The van der Waals surface area contributed by atoms with Crippen LogP contribution in [-0.2, 0) is 31.9 Å². The van der Waals surface area contributed by atoms with Gasteiger partial charge < -0.3 is 5.11 Å². The number of aromatic nitrogens is 3. The van der Waals surface area contributed by atoms with Crippen LogP contribution in [0.25, 0.3) is 76.0 Å². The molecule has 0 atom stereocenters. The van der Waals surface area contributed by atoms with Crippen molar-refractivity contribution in [3.8, 4) is 49.7 Å². The van der Waals surface area contributed by atoms with Gasteiger partial charge in [-0.3, -0.25) is 9.97 Å². The maximum atomic E-state index is 11.1. The molecule has 262 valence electrons. The summed E-state index contributed by atoms with van der Waals surface area (Å²) < 4.78 is 1.03. The van der Waals surface area contributed by atoms with Crippen molar-refractivity contribution in [3.05, 3.63) is 132 Å². The molecule has 0 spiro atoms. The average molecular weight is 878 g/mol. The van der Waals surface area contributed by atoms with Crippen LogP contribution in [0, 0.1) is 13.0 Å². The van der Waals surface area contributed by atoms with E-state index in [2.05, 4.69) is 133 Å². The summed E-state index contributed by atoms with van der Waals surface area (Å²) in [6, 6.07) is 37.5. The topological polar surface area (TPSA) is 58.9 Å². The Morgan fingerprint density at radius 2 is 1.29 bits per heavy atom. The average Bonchev–Trinajstić information content (AvgIpc) is 3.54. The van der Waals surface area contributed by atoms with Gasteiger partial charge in [-0.2, -0.15) is 0 Å². The van der Waals surface area contributed by atoms with Gasteiger partial charge in [-0.1, -0.05) is 101 Å². The summed E-state index contributed by atoms with van der Waals surface area (Å²) >= 11 is 1.60. The number of para-hydroxylation sites is 1. The fourth-order valence-corrected chi connectivity index (χ4v) is 7.88. The van der Waals surface area contributed by atoms with Gasteiger partial charge in [0, 0.05) is 54.6 Å². The van der Waals surface area contributed by atoms with Gasteiger partial charge in [0.25, 0.3) is 0 Å². The summed E-state index contributed by atoms with van der Waals surface area (Å²) in [6.07, 6.45) is 3.75. The summed E-state index contributed by atoms with van der Waals surface area (Å²) in [5.41, 5.74) is 13.1. The Morgan fingerprint density at radius 1 is 0.615 bits per heavy atom. The van der Waals surface area contributed by atoms with E-state index in [-0.39, 0.29) is 37.6 Å². The third kappa shape index (κ3) is 6.46. The molecule has 0 fully saturated rings. The molecule has 3 aromatic heterocycles. The molecule has 0 bridgehead atoms. The number of aryl methyl sites for hydroxylation is 1. The molecule has 52 heavy (non-hydrogen) atoms. The molecule has 0 radical (unpaired) electrons.